The van der Waals surface area contributed by atoms with Crippen LogP contribution in [0.4, 0.5) is 5.88 Å². The summed E-state index contributed by atoms with van der Waals surface area (Å²) >= 11 is 0. The highest BCUT2D eigenvalue weighted by Crippen LogP contribution is 2.36. The Balaban J connectivity index is 2.06. The number of nitrogens with two attached hydrogens (primary N) is 1. The van der Waals surface area contributed by atoms with Crippen LogP contribution in [0, 0.1) is 0 Å². The SMILES string of the molecule is CCc1c(-c2ccc3c(c2)OCCO3)noc1N. The van der Waals surface area contributed by atoms with Crippen molar-refractivity contribution in [3.63, 3.8) is 0 Å². The predicted molar refractivity (Wildman–Crippen MR) is 66.7 cm³/mol. The van der Waals surface area contributed by atoms with E-state index in [0.29, 0.717) is 19.1 Å². The first kappa shape index (κ1) is 11.0. The van der Waals surface area contributed by atoms with Crippen LogP contribution in [-0.2, 0) is 6.42 Å². The van der Waals surface area contributed by atoms with Gasteiger partial charge in [-0.2, -0.15) is 0 Å². The molecule has 1 aliphatic rings. The number of rotatable bonds is 2. The Kier molecular flexibility index (Phi) is 2.59. The van der Waals surface area contributed by atoms with Gasteiger partial charge in [0.25, 0.3) is 0 Å². The summed E-state index contributed by atoms with van der Waals surface area (Å²) in [6.45, 7) is 3.17. The molecule has 3 rings (SSSR count). The summed E-state index contributed by atoms with van der Waals surface area (Å²) in [5, 5.41) is 4.01. The van der Waals surface area contributed by atoms with Gasteiger partial charge in [0.2, 0.25) is 5.88 Å². The van der Waals surface area contributed by atoms with E-state index in [-0.39, 0.29) is 0 Å². The molecule has 0 saturated carbocycles. The highest BCUT2D eigenvalue weighted by molar-refractivity contribution is 5.69. The van der Waals surface area contributed by atoms with Gasteiger partial charge in [0.1, 0.15) is 18.9 Å². The van der Waals surface area contributed by atoms with E-state index < -0.39 is 0 Å². The monoisotopic (exact) mass is 246 g/mol. The Morgan fingerprint density at radius 3 is 2.78 bits per heavy atom. The fourth-order valence-electron chi connectivity index (χ4n) is 2.08. The lowest BCUT2D eigenvalue weighted by Crippen LogP contribution is -2.15. The summed E-state index contributed by atoms with van der Waals surface area (Å²) in [7, 11) is 0. The van der Waals surface area contributed by atoms with Gasteiger partial charge in [0.05, 0.1) is 0 Å². The van der Waals surface area contributed by atoms with E-state index in [1.54, 1.807) is 0 Å². The zero-order valence-corrected chi connectivity index (χ0v) is 10.1. The standard InChI is InChI=1S/C13H14N2O3/c1-2-9-12(15-18-13(9)14)8-3-4-10-11(7-8)17-6-5-16-10/h3-4,7H,2,5-6,14H2,1H3. The highest BCUT2D eigenvalue weighted by atomic mass is 16.6. The predicted octanol–water partition coefficient (Wildman–Crippen LogP) is 2.26. The number of hydrogen-bond donors (Lipinski definition) is 1. The van der Waals surface area contributed by atoms with Crippen LogP contribution < -0.4 is 15.2 Å². The molecule has 0 saturated heterocycles. The molecule has 1 aliphatic heterocycles. The molecular weight excluding hydrogens is 232 g/mol. The minimum atomic E-state index is 0.377. The molecule has 0 amide bonds. The van der Waals surface area contributed by atoms with E-state index in [1.165, 1.54) is 0 Å². The van der Waals surface area contributed by atoms with Crippen molar-refractivity contribution in [2.75, 3.05) is 18.9 Å². The molecule has 0 spiro atoms. The van der Waals surface area contributed by atoms with Gasteiger partial charge in [0, 0.05) is 11.1 Å². The molecule has 0 aliphatic carbocycles. The first-order valence-electron chi connectivity index (χ1n) is 5.93. The van der Waals surface area contributed by atoms with Crippen LogP contribution in [-0.4, -0.2) is 18.4 Å². The average molecular weight is 246 g/mol. The summed E-state index contributed by atoms with van der Waals surface area (Å²) in [5.74, 6) is 1.88. The van der Waals surface area contributed by atoms with Crippen LogP contribution in [0.5, 0.6) is 11.5 Å². The number of hydrogen-bond acceptors (Lipinski definition) is 5. The van der Waals surface area contributed by atoms with Crippen molar-refractivity contribution in [1.82, 2.24) is 5.16 Å². The second-order valence-corrected chi connectivity index (χ2v) is 4.09. The van der Waals surface area contributed by atoms with Gasteiger partial charge in [-0.15, -0.1) is 0 Å². The molecule has 5 nitrogen and oxygen atoms in total. The Morgan fingerprint density at radius 2 is 2.00 bits per heavy atom. The third-order valence-electron chi connectivity index (χ3n) is 2.99. The zero-order valence-electron chi connectivity index (χ0n) is 10.1. The fraction of sp³-hybridized carbons (Fsp3) is 0.308. The van der Waals surface area contributed by atoms with Crippen molar-refractivity contribution in [2.24, 2.45) is 0 Å². The molecule has 1 aromatic carbocycles. The van der Waals surface area contributed by atoms with Gasteiger partial charge in [0.15, 0.2) is 11.5 Å². The number of fused-ring (bicyclic) bond motifs is 1. The lowest BCUT2D eigenvalue weighted by atomic mass is 10.1. The maximum absolute atomic E-state index is 5.74. The Bertz CT molecular complexity index is 578. The van der Waals surface area contributed by atoms with E-state index >= 15 is 0 Å². The molecule has 0 bridgehead atoms. The number of ether oxygens (including phenoxy) is 2. The van der Waals surface area contributed by atoms with Gasteiger partial charge in [-0.3, -0.25) is 0 Å². The average Bonchev–Trinajstić information content (AvgIpc) is 2.79. The van der Waals surface area contributed by atoms with Crippen molar-refractivity contribution in [3.05, 3.63) is 23.8 Å². The number of nitrogens with zero attached hydrogens (tertiary/aromatic N) is 1. The van der Waals surface area contributed by atoms with E-state index in [9.17, 15) is 0 Å². The summed E-state index contributed by atoms with van der Waals surface area (Å²) in [6, 6.07) is 5.73. The molecule has 2 aromatic rings. The Hall–Kier alpha value is -2.17. The second-order valence-electron chi connectivity index (χ2n) is 4.09. The fourth-order valence-corrected chi connectivity index (χ4v) is 2.08. The molecule has 0 fully saturated rings. The van der Waals surface area contributed by atoms with Crippen LogP contribution >= 0.6 is 0 Å². The topological polar surface area (TPSA) is 70.5 Å². The lowest BCUT2D eigenvalue weighted by Gasteiger charge is -2.18. The molecule has 0 radical (unpaired) electrons. The summed E-state index contributed by atoms with van der Waals surface area (Å²) < 4.78 is 16.1. The zero-order chi connectivity index (χ0) is 12.5. The third kappa shape index (κ3) is 1.68. The van der Waals surface area contributed by atoms with Gasteiger partial charge in [-0.25, -0.2) is 0 Å². The normalized spacial score (nSPS) is 13.6. The van der Waals surface area contributed by atoms with Crippen molar-refractivity contribution in [2.45, 2.75) is 13.3 Å². The largest absolute Gasteiger partial charge is 0.486 e. The molecule has 18 heavy (non-hydrogen) atoms. The van der Waals surface area contributed by atoms with Crippen molar-refractivity contribution < 1.29 is 14.0 Å². The van der Waals surface area contributed by atoms with E-state index in [2.05, 4.69) is 5.16 Å². The summed E-state index contributed by atoms with van der Waals surface area (Å²) in [5.41, 5.74) is 8.36. The van der Waals surface area contributed by atoms with E-state index in [0.717, 1.165) is 34.7 Å². The van der Waals surface area contributed by atoms with Crippen molar-refractivity contribution >= 4 is 5.88 Å². The molecule has 1 aromatic heterocycles. The quantitative estimate of drug-likeness (QED) is 0.880. The van der Waals surface area contributed by atoms with Gasteiger partial charge in [-0.05, 0) is 24.6 Å². The Morgan fingerprint density at radius 1 is 1.22 bits per heavy atom. The Labute approximate surface area is 104 Å². The third-order valence-corrected chi connectivity index (χ3v) is 2.99. The molecule has 2 N–H and O–H groups in total. The first-order chi connectivity index (χ1) is 8.79. The van der Waals surface area contributed by atoms with Gasteiger partial charge in [-0.1, -0.05) is 12.1 Å². The smallest absolute Gasteiger partial charge is 0.225 e. The number of aromatic nitrogens is 1. The van der Waals surface area contributed by atoms with E-state index in [1.807, 2.05) is 25.1 Å². The first-order valence-corrected chi connectivity index (χ1v) is 5.93. The molecule has 5 heteroatoms. The lowest BCUT2D eigenvalue weighted by molar-refractivity contribution is 0.171. The van der Waals surface area contributed by atoms with Crippen molar-refractivity contribution in [1.29, 1.82) is 0 Å². The maximum atomic E-state index is 5.74. The minimum absolute atomic E-state index is 0.377. The maximum Gasteiger partial charge on any atom is 0.225 e. The molecule has 94 valence electrons. The summed E-state index contributed by atoms with van der Waals surface area (Å²) in [6.07, 6.45) is 0.777. The molecular formula is C13H14N2O3. The second kappa shape index (κ2) is 4.25. The number of nitrogen functional groups attached to an aromatic ring is 1. The molecule has 0 atom stereocenters. The van der Waals surface area contributed by atoms with Crippen LogP contribution in [0.2, 0.25) is 0 Å². The van der Waals surface area contributed by atoms with E-state index in [4.69, 9.17) is 19.7 Å². The van der Waals surface area contributed by atoms with Gasteiger partial charge < -0.3 is 19.7 Å². The van der Waals surface area contributed by atoms with Crippen LogP contribution in [0.15, 0.2) is 22.7 Å². The van der Waals surface area contributed by atoms with Crippen molar-refractivity contribution in [3.8, 4) is 22.8 Å². The van der Waals surface area contributed by atoms with Gasteiger partial charge >= 0.3 is 0 Å². The summed E-state index contributed by atoms with van der Waals surface area (Å²) in [4.78, 5) is 0. The number of anilines is 1. The highest BCUT2D eigenvalue weighted by Gasteiger charge is 2.17. The molecule has 2 heterocycles. The minimum Gasteiger partial charge on any atom is -0.486 e. The van der Waals surface area contributed by atoms with Crippen LogP contribution in [0.3, 0.4) is 0 Å². The number of benzene rings is 1. The van der Waals surface area contributed by atoms with Crippen LogP contribution in [0.25, 0.3) is 11.3 Å². The molecule has 0 unspecified atom stereocenters. The van der Waals surface area contributed by atoms with Crippen LogP contribution in [0.1, 0.15) is 12.5 Å².